The van der Waals surface area contributed by atoms with Crippen LogP contribution < -0.4 is 15.4 Å². The van der Waals surface area contributed by atoms with E-state index in [1.165, 1.54) is 14.2 Å². The molecule has 5 aromatic carbocycles. The Labute approximate surface area is 380 Å². The first-order chi connectivity index (χ1) is 32.3. The Morgan fingerprint density at radius 1 is 0.652 bits per heavy atom. The summed E-state index contributed by atoms with van der Waals surface area (Å²) in [5.74, 6) is 1.76. The molecule has 0 spiro atoms. The van der Waals surface area contributed by atoms with Gasteiger partial charge in [-0.3, -0.25) is 9.59 Å². The second kappa shape index (κ2) is 17.9. The molecule has 4 atom stereocenters. The molecule has 10 rings (SSSR count). The SMILES string of the molecule is COC(=O)N[C@@H](C(=O)N1CCC[C@H]1c1ncc(-c2ccc3c(c2)COc2c-3ccc3cc(-c4cnc([C@@H]5CCCN5C(=O)[C@H](NC(=O)OC)c5ccccc5)[nH]4)ccc23)[nH]1)c1ccccc1. The van der Waals surface area contributed by atoms with Crippen molar-refractivity contribution in [1.82, 2.24) is 40.4 Å². The van der Waals surface area contributed by atoms with Crippen LogP contribution in [0.1, 0.15) is 78.2 Å². The van der Waals surface area contributed by atoms with Crippen LogP contribution in [0.25, 0.3) is 44.4 Å². The number of nitrogens with one attached hydrogen (secondary N) is 4. The van der Waals surface area contributed by atoms with Gasteiger partial charge in [0.05, 0.1) is 50.1 Å². The lowest BCUT2D eigenvalue weighted by Gasteiger charge is -2.28. The summed E-state index contributed by atoms with van der Waals surface area (Å²) < 4.78 is 16.2. The number of aromatic amines is 2. The van der Waals surface area contributed by atoms with Gasteiger partial charge < -0.3 is 44.6 Å². The number of imidazole rings is 2. The van der Waals surface area contributed by atoms with Crippen LogP contribution in [-0.2, 0) is 25.7 Å². The molecule has 15 nitrogen and oxygen atoms in total. The predicted octanol–water partition coefficient (Wildman–Crippen LogP) is 8.70. The molecule has 0 saturated carbocycles. The normalized spacial score (nSPS) is 17.3. The van der Waals surface area contributed by atoms with Crippen LogP contribution in [0.3, 0.4) is 0 Å². The Kier molecular flexibility index (Phi) is 11.4. The monoisotopic (exact) mass is 884 g/mol. The largest absolute Gasteiger partial charge is 0.488 e. The lowest BCUT2D eigenvalue weighted by Crippen LogP contribution is -2.42. The Bertz CT molecular complexity index is 2950. The zero-order chi connectivity index (χ0) is 45.3. The van der Waals surface area contributed by atoms with E-state index in [4.69, 9.17) is 24.2 Å². The highest BCUT2D eigenvalue weighted by Gasteiger charge is 2.39. The molecule has 5 heterocycles. The summed E-state index contributed by atoms with van der Waals surface area (Å²) in [6, 6.07) is 32.8. The first-order valence-corrected chi connectivity index (χ1v) is 22.1. The van der Waals surface area contributed by atoms with Crippen molar-refractivity contribution in [1.29, 1.82) is 0 Å². The average molecular weight is 885 g/mol. The Balaban J connectivity index is 0.852. The third-order valence-electron chi connectivity index (χ3n) is 12.9. The first-order valence-electron chi connectivity index (χ1n) is 22.1. The molecular weight excluding hydrogens is 837 g/mol. The molecule has 7 aromatic rings. The standard InChI is InChI=1S/C51H48N8O7/c1-64-50(62)56-43(30-11-5-3-6-12-30)48(60)58-23-9-15-41(58)46-52-27-39(54-46)33-19-21-37-32(25-33)17-22-38-36-20-18-34(26-35(36)29-66-45(37)38)40-28-53-47(55-40)42-16-10-24-59(42)49(61)44(57-51(63)65-2)31-13-7-4-8-14-31/h3-8,11-14,17-22,25-28,41-44H,9-10,15-16,23-24,29H2,1-2H3,(H,52,54)(H,53,55)(H,56,62)(H,57,63)/t41-,42-,43+,44+/m0/s1. The third kappa shape index (κ3) is 7.97. The molecule has 66 heavy (non-hydrogen) atoms. The molecule has 0 unspecified atom stereocenters. The predicted molar refractivity (Wildman–Crippen MR) is 246 cm³/mol. The minimum absolute atomic E-state index is 0.220. The first kappa shape index (κ1) is 42.0. The molecular formula is C51H48N8O7. The van der Waals surface area contributed by atoms with Gasteiger partial charge in [-0.15, -0.1) is 0 Å². The summed E-state index contributed by atoms with van der Waals surface area (Å²) in [4.78, 5) is 72.7. The number of nitrogens with zero attached hydrogens (tertiary/aromatic N) is 4. The Hall–Kier alpha value is -7.94. The number of ether oxygens (including phenoxy) is 3. The highest BCUT2D eigenvalue weighted by Crippen LogP contribution is 2.44. The van der Waals surface area contributed by atoms with Crippen LogP contribution in [0.4, 0.5) is 9.59 Å². The summed E-state index contributed by atoms with van der Waals surface area (Å²) in [7, 11) is 2.56. The van der Waals surface area contributed by atoms with Gasteiger partial charge in [-0.1, -0.05) is 91.0 Å². The number of carbonyl (C=O) groups excluding carboxylic acids is 4. The molecule has 2 aromatic heterocycles. The lowest BCUT2D eigenvalue weighted by atomic mass is 9.92. The number of fused-ring (bicyclic) bond motifs is 5. The summed E-state index contributed by atoms with van der Waals surface area (Å²) in [6.45, 7) is 1.47. The molecule has 334 valence electrons. The Morgan fingerprint density at radius 3 is 1.71 bits per heavy atom. The van der Waals surface area contributed by atoms with E-state index >= 15 is 0 Å². The van der Waals surface area contributed by atoms with Gasteiger partial charge in [-0.05, 0) is 77.1 Å². The fourth-order valence-corrected chi connectivity index (χ4v) is 9.62. The number of aromatic nitrogens is 4. The van der Waals surface area contributed by atoms with Crippen LogP contribution in [-0.4, -0.2) is 81.0 Å². The van der Waals surface area contributed by atoms with Gasteiger partial charge in [0, 0.05) is 29.6 Å². The number of methoxy groups -OCH3 is 2. The highest BCUT2D eigenvalue weighted by atomic mass is 16.5. The number of alkyl carbamates (subject to hydrolysis) is 2. The quantitative estimate of drug-likeness (QED) is 0.104. The van der Waals surface area contributed by atoms with E-state index in [2.05, 4.69) is 69.1 Å². The van der Waals surface area contributed by atoms with Crippen molar-refractivity contribution in [3.05, 3.63) is 150 Å². The molecule has 0 radical (unpaired) electrons. The van der Waals surface area contributed by atoms with Gasteiger partial charge in [-0.25, -0.2) is 19.6 Å². The van der Waals surface area contributed by atoms with Crippen molar-refractivity contribution >= 4 is 34.8 Å². The fraction of sp³-hybridized carbons (Fsp3) is 0.255. The number of H-pyrrole nitrogens is 2. The Morgan fingerprint density at radius 2 is 1.17 bits per heavy atom. The van der Waals surface area contributed by atoms with Crippen molar-refractivity contribution in [2.45, 2.75) is 56.5 Å². The number of amides is 4. The lowest BCUT2D eigenvalue weighted by molar-refractivity contribution is -0.135. The third-order valence-corrected chi connectivity index (χ3v) is 12.9. The van der Waals surface area contributed by atoms with Crippen molar-refractivity contribution < 1.29 is 33.4 Å². The van der Waals surface area contributed by atoms with Gasteiger partial charge in [0.2, 0.25) is 0 Å². The number of rotatable bonds is 10. The van der Waals surface area contributed by atoms with Crippen molar-refractivity contribution in [2.24, 2.45) is 0 Å². The second-order valence-corrected chi connectivity index (χ2v) is 16.7. The van der Waals surface area contributed by atoms with Crippen LogP contribution in [0.2, 0.25) is 0 Å². The zero-order valence-electron chi connectivity index (χ0n) is 36.5. The summed E-state index contributed by atoms with van der Waals surface area (Å²) in [5.41, 5.74) is 8.05. The van der Waals surface area contributed by atoms with Gasteiger partial charge >= 0.3 is 12.2 Å². The van der Waals surface area contributed by atoms with E-state index in [9.17, 15) is 19.2 Å². The minimum Gasteiger partial charge on any atom is -0.488 e. The summed E-state index contributed by atoms with van der Waals surface area (Å²) in [6.07, 6.45) is 5.35. The average Bonchev–Trinajstić information content (AvgIpc) is 4.22. The van der Waals surface area contributed by atoms with E-state index in [1.54, 1.807) is 22.2 Å². The minimum atomic E-state index is -0.894. The molecule has 0 bridgehead atoms. The van der Waals surface area contributed by atoms with E-state index in [-0.39, 0.29) is 23.9 Å². The maximum atomic E-state index is 14.0. The zero-order valence-corrected chi connectivity index (χ0v) is 36.5. The maximum absolute atomic E-state index is 14.0. The van der Waals surface area contributed by atoms with Gasteiger partial charge in [0.1, 0.15) is 36.1 Å². The van der Waals surface area contributed by atoms with Crippen LogP contribution in [0.15, 0.2) is 122 Å². The molecule has 0 aliphatic carbocycles. The molecule has 2 saturated heterocycles. The fourth-order valence-electron chi connectivity index (χ4n) is 9.62. The van der Waals surface area contributed by atoms with Crippen LogP contribution in [0.5, 0.6) is 5.75 Å². The number of benzene rings is 5. The van der Waals surface area contributed by atoms with Crippen molar-refractivity contribution in [3.8, 4) is 39.4 Å². The van der Waals surface area contributed by atoms with Gasteiger partial charge in [0.25, 0.3) is 11.8 Å². The maximum Gasteiger partial charge on any atom is 0.407 e. The second-order valence-electron chi connectivity index (χ2n) is 16.7. The van der Waals surface area contributed by atoms with E-state index in [0.717, 1.165) is 81.4 Å². The molecule has 4 amide bonds. The summed E-state index contributed by atoms with van der Waals surface area (Å²) in [5, 5.41) is 7.45. The number of hydrogen-bond acceptors (Lipinski definition) is 9. The smallest absolute Gasteiger partial charge is 0.407 e. The van der Waals surface area contributed by atoms with Crippen LogP contribution >= 0.6 is 0 Å². The highest BCUT2D eigenvalue weighted by molar-refractivity contribution is 5.98. The number of likely N-dealkylation sites (tertiary alicyclic amines) is 2. The van der Waals surface area contributed by atoms with Gasteiger partial charge in [0.15, 0.2) is 0 Å². The van der Waals surface area contributed by atoms with E-state index in [1.807, 2.05) is 60.7 Å². The molecule has 3 aliphatic heterocycles. The van der Waals surface area contributed by atoms with Crippen LogP contribution in [0, 0.1) is 0 Å². The molecule has 15 heteroatoms. The molecule has 3 aliphatic rings. The molecule has 2 fully saturated rings. The van der Waals surface area contributed by atoms with E-state index < -0.39 is 24.3 Å². The van der Waals surface area contributed by atoms with E-state index in [0.29, 0.717) is 42.5 Å². The van der Waals surface area contributed by atoms with Crippen molar-refractivity contribution in [2.75, 3.05) is 27.3 Å². The van der Waals surface area contributed by atoms with Gasteiger partial charge in [-0.2, -0.15) is 0 Å². The topological polar surface area (TPSA) is 184 Å². The summed E-state index contributed by atoms with van der Waals surface area (Å²) >= 11 is 0. The number of carbonyl (C=O) groups is 4. The molecule has 4 N–H and O–H groups in total. The number of hydrogen-bond donors (Lipinski definition) is 4. The van der Waals surface area contributed by atoms with Crippen molar-refractivity contribution in [3.63, 3.8) is 0 Å².